The van der Waals surface area contributed by atoms with E-state index in [9.17, 15) is 4.39 Å². The van der Waals surface area contributed by atoms with Crippen LogP contribution in [-0.4, -0.2) is 29.1 Å². The smallest absolute Gasteiger partial charge is 0.123 e. The van der Waals surface area contributed by atoms with Crippen molar-refractivity contribution in [1.29, 1.82) is 0 Å². The Kier molecular flexibility index (Phi) is 4.53. The van der Waals surface area contributed by atoms with Gasteiger partial charge in [0.2, 0.25) is 0 Å². The number of hydrogen-bond donors (Lipinski definition) is 0. The number of halogens is 2. The first kappa shape index (κ1) is 16.6. The van der Waals surface area contributed by atoms with Crippen molar-refractivity contribution in [3.05, 3.63) is 65.1 Å². The maximum Gasteiger partial charge on any atom is 0.123 e. The fourth-order valence-corrected chi connectivity index (χ4v) is 4.10. The molecule has 2 heterocycles. The lowest BCUT2D eigenvalue weighted by atomic mass is 9.89. The van der Waals surface area contributed by atoms with Gasteiger partial charge in [-0.15, -0.1) is 0 Å². The first-order chi connectivity index (χ1) is 12.2. The minimum atomic E-state index is -0.213. The number of benzene rings is 2. The molecule has 0 amide bonds. The molecular formula is C21H22ClFN2. The van der Waals surface area contributed by atoms with Crippen molar-refractivity contribution in [3.63, 3.8) is 0 Å². The predicted molar refractivity (Wildman–Crippen MR) is 102 cm³/mol. The van der Waals surface area contributed by atoms with E-state index < -0.39 is 0 Å². The first-order valence-electron chi connectivity index (χ1n) is 8.94. The summed E-state index contributed by atoms with van der Waals surface area (Å²) in [5.41, 5.74) is 3.47. The van der Waals surface area contributed by atoms with Gasteiger partial charge in [-0.05, 0) is 86.4 Å². The molecule has 1 saturated heterocycles. The number of rotatable bonds is 3. The summed E-state index contributed by atoms with van der Waals surface area (Å²) >= 11 is 6.28. The van der Waals surface area contributed by atoms with Crippen LogP contribution in [0, 0.1) is 5.82 Å². The highest BCUT2D eigenvalue weighted by atomic mass is 35.5. The summed E-state index contributed by atoms with van der Waals surface area (Å²) in [6.07, 6.45) is 4.56. The molecule has 0 atom stereocenters. The number of aromatic nitrogens is 1. The van der Waals surface area contributed by atoms with E-state index >= 15 is 0 Å². The van der Waals surface area contributed by atoms with Crippen LogP contribution in [0.2, 0.25) is 5.02 Å². The second-order valence-electron chi connectivity index (χ2n) is 6.80. The number of nitrogens with zero attached hydrogens (tertiary/aromatic N) is 2. The molecule has 0 N–H and O–H groups in total. The van der Waals surface area contributed by atoms with Gasteiger partial charge in [-0.3, -0.25) is 0 Å². The minimum Gasteiger partial charge on any atom is -0.316 e. The van der Waals surface area contributed by atoms with Crippen LogP contribution >= 0.6 is 11.6 Å². The van der Waals surface area contributed by atoms with Gasteiger partial charge in [-0.2, -0.15) is 0 Å². The molecule has 4 rings (SSSR count). The average Bonchev–Trinajstić information content (AvgIpc) is 3.01. The van der Waals surface area contributed by atoms with E-state index in [4.69, 9.17) is 11.6 Å². The van der Waals surface area contributed by atoms with E-state index in [2.05, 4.69) is 34.7 Å². The van der Waals surface area contributed by atoms with Crippen LogP contribution in [0.4, 0.5) is 4.39 Å². The Morgan fingerprint density at radius 2 is 1.80 bits per heavy atom. The van der Waals surface area contributed by atoms with Gasteiger partial charge in [0.25, 0.3) is 0 Å². The average molecular weight is 357 g/mol. The van der Waals surface area contributed by atoms with Crippen molar-refractivity contribution < 1.29 is 4.39 Å². The van der Waals surface area contributed by atoms with Crippen LogP contribution in [0.1, 0.15) is 31.2 Å². The lowest BCUT2D eigenvalue weighted by Gasteiger charge is -2.31. The zero-order chi connectivity index (χ0) is 17.4. The van der Waals surface area contributed by atoms with Crippen molar-refractivity contribution in [2.24, 2.45) is 0 Å². The number of piperidine rings is 1. The van der Waals surface area contributed by atoms with E-state index in [0.29, 0.717) is 5.92 Å². The Morgan fingerprint density at radius 3 is 2.48 bits per heavy atom. The van der Waals surface area contributed by atoms with Crippen molar-refractivity contribution in [2.75, 3.05) is 19.6 Å². The van der Waals surface area contributed by atoms with Crippen LogP contribution in [0.3, 0.4) is 0 Å². The molecule has 1 aliphatic heterocycles. The maximum atomic E-state index is 13.3. The van der Waals surface area contributed by atoms with Crippen molar-refractivity contribution in [2.45, 2.75) is 25.7 Å². The monoisotopic (exact) mass is 356 g/mol. The topological polar surface area (TPSA) is 8.17 Å². The molecule has 2 aromatic carbocycles. The Balaban J connectivity index is 1.79. The lowest BCUT2D eigenvalue weighted by molar-refractivity contribution is 0.223. The fraction of sp³-hybridized carbons (Fsp3) is 0.333. The van der Waals surface area contributed by atoms with Crippen molar-refractivity contribution >= 4 is 22.5 Å². The van der Waals surface area contributed by atoms with Crippen LogP contribution in [-0.2, 0) is 0 Å². The summed E-state index contributed by atoms with van der Waals surface area (Å²) in [5.74, 6) is 0.334. The van der Waals surface area contributed by atoms with Gasteiger partial charge >= 0.3 is 0 Å². The third-order valence-corrected chi connectivity index (χ3v) is 5.61. The van der Waals surface area contributed by atoms with E-state index in [1.165, 1.54) is 35.9 Å². The Bertz CT molecular complexity index is 877. The second kappa shape index (κ2) is 6.81. The summed E-state index contributed by atoms with van der Waals surface area (Å²) in [5, 5.41) is 1.98. The van der Waals surface area contributed by atoms with Gasteiger partial charge in [-0.25, -0.2) is 4.39 Å². The molecule has 4 heteroatoms. The standard InChI is InChI=1S/C21H22ClFN2/c1-2-24-11-9-15(10-12-24)20-14-25(18-6-4-17(23)5-7-18)21-8-3-16(22)13-19(20)21/h3-8,13-15H,2,9-12H2,1H3. The van der Waals surface area contributed by atoms with E-state index in [1.54, 1.807) is 0 Å². The summed E-state index contributed by atoms with van der Waals surface area (Å²) in [7, 11) is 0. The number of likely N-dealkylation sites (tertiary alicyclic amines) is 1. The molecule has 0 unspecified atom stereocenters. The molecule has 1 fully saturated rings. The first-order valence-corrected chi connectivity index (χ1v) is 9.32. The number of hydrogen-bond acceptors (Lipinski definition) is 1. The highest BCUT2D eigenvalue weighted by molar-refractivity contribution is 6.31. The number of fused-ring (bicyclic) bond motifs is 1. The molecule has 1 aromatic heterocycles. The Hall–Kier alpha value is -1.84. The molecule has 0 bridgehead atoms. The predicted octanol–water partition coefficient (Wildman–Crippen LogP) is 5.62. The minimum absolute atomic E-state index is 0.213. The van der Waals surface area contributed by atoms with Gasteiger partial charge in [-0.1, -0.05) is 18.5 Å². The molecule has 0 radical (unpaired) electrons. The summed E-state index contributed by atoms with van der Waals surface area (Å²) < 4.78 is 15.5. The zero-order valence-corrected chi connectivity index (χ0v) is 15.1. The van der Waals surface area contributed by atoms with E-state index in [-0.39, 0.29) is 5.82 Å². The molecule has 0 saturated carbocycles. The fourth-order valence-electron chi connectivity index (χ4n) is 3.93. The van der Waals surface area contributed by atoms with Gasteiger partial charge < -0.3 is 9.47 Å². The zero-order valence-electron chi connectivity index (χ0n) is 14.4. The largest absolute Gasteiger partial charge is 0.316 e. The van der Waals surface area contributed by atoms with Gasteiger partial charge in [0.15, 0.2) is 0 Å². The van der Waals surface area contributed by atoms with Gasteiger partial charge in [0.1, 0.15) is 5.82 Å². The van der Waals surface area contributed by atoms with Gasteiger partial charge in [0, 0.05) is 22.3 Å². The summed E-state index contributed by atoms with van der Waals surface area (Å²) in [4.78, 5) is 2.50. The normalized spacial score (nSPS) is 16.6. The molecule has 0 aliphatic carbocycles. The van der Waals surface area contributed by atoms with E-state index in [1.807, 2.05) is 18.2 Å². The summed E-state index contributed by atoms with van der Waals surface area (Å²) in [6, 6.07) is 12.7. The Morgan fingerprint density at radius 1 is 1.08 bits per heavy atom. The third-order valence-electron chi connectivity index (χ3n) is 5.38. The molecule has 130 valence electrons. The summed E-state index contributed by atoms with van der Waals surface area (Å²) in [6.45, 7) is 5.63. The SMILES string of the molecule is CCN1CCC(c2cn(-c3ccc(F)cc3)c3ccc(Cl)cc23)CC1. The van der Waals surface area contributed by atoms with Crippen molar-refractivity contribution in [3.8, 4) is 5.69 Å². The van der Waals surface area contributed by atoms with Crippen LogP contribution in [0.5, 0.6) is 0 Å². The molecule has 2 nitrogen and oxygen atoms in total. The van der Waals surface area contributed by atoms with Crippen LogP contribution in [0.25, 0.3) is 16.6 Å². The molecule has 1 aliphatic rings. The molecule has 25 heavy (non-hydrogen) atoms. The van der Waals surface area contributed by atoms with Crippen LogP contribution in [0.15, 0.2) is 48.7 Å². The quantitative estimate of drug-likeness (QED) is 0.591. The molecule has 0 spiro atoms. The highest BCUT2D eigenvalue weighted by Crippen LogP contribution is 2.36. The highest BCUT2D eigenvalue weighted by Gasteiger charge is 2.23. The van der Waals surface area contributed by atoms with E-state index in [0.717, 1.165) is 35.9 Å². The third kappa shape index (κ3) is 3.19. The maximum absolute atomic E-state index is 13.3. The van der Waals surface area contributed by atoms with Crippen LogP contribution < -0.4 is 0 Å². The lowest BCUT2D eigenvalue weighted by Crippen LogP contribution is -2.32. The van der Waals surface area contributed by atoms with Crippen molar-refractivity contribution in [1.82, 2.24) is 9.47 Å². The van der Waals surface area contributed by atoms with Gasteiger partial charge in [0.05, 0.1) is 5.52 Å². The molecule has 3 aromatic rings. The molecular weight excluding hydrogens is 335 g/mol. The second-order valence-corrected chi connectivity index (χ2v) is 7.24. The Labute approximate surface area is 152 Å².